The molecule has 3 aromatic carbocycles. The van der Waals surface area contributed by atoms with Crippen LogP contribution in [0.2, 0.25) is 0 Å². The first-order chi connectivity index (χ1) is 15.5. The third-order valence-corrected chi connectivity index (χ3v) is 6.00. The van der Waals surface area contributed by atoms with E-state index in [0.717, 1.165) is 21.2 Å². The molecule has 0 aliphatic carbocycles. The third kappa shape index (κ3) is 6.28. The molecule has 0 spiro atoms. The number of carbonyl (C=O) groups excluding carboxylic acids is 1. The molecule has 0 bridgehead atoms. The number of carbonyl (C=O) groups is 1. The van der Waals surface area contributed by atoms with Crippen LogP contribution in [-0.4, -0.2) is 23.8 Å². The maximum Gasteiger partial charge on any atom is 0.338 e. The number of aliphatic hydroxyl groups excluding tert-OH is 1. The van der Waals surface area contributed by atoms with Gasteiger partial charge in [-0.15, -0.1) is 6.58 Å². The number of benzene rings is 3. The fraction of sp³-hybridized carbons (Fsp3) is 0.179. The van der Waals surface area contributed by atoms with E-state index < -0.39 is 18.0 Å². The Bertz CT molecular complexity index is 1040. The Labute approximate surface area is 198 Å². The van der Waals surface area contributed by atoms with Gasteiger partial charge < -0.3 is 9.84 Å². The number of halogens is 1. The van der Waals surface area contributed by atoms with Crippen LogP contribution in [-0.2, 0) is 4.74 Å². The van der Waals surface area contributed by atoms with Crippen LogP contribution in [0.15, 0.2) is 108 Å². The van der Waals surface area contributed by atoms with E-state index in [2.05, 4.69) is 22.5 Å². The number of esters is 1. The lowest BCUT2D eigenvalue weighted by Crippen LogP contribution is -2.30. The van der Waals surface area contributed by atoms with Crippen molar-refractivity contribution in [3.63, 3.8) is 0 Å². The van der Waals surface area contributed by atoms with Gasteiger partial charge in [-0.3, -0.25) is 0 Å². The molecule has 32 heavy (non-hydrogen) atoms. The van der Waals surface area contributed by atoms with Gasteiger partial charge in [0.25, 0.3) is 0 Å². The summed E-state index contributed by atoms with van der Waals surface area (Å²) in [6.07, 6.45) is 2.80. The molecule has 0 saturated carbocycles. The van der Waals surface area contributed by atoms with Gasteiger partial charge in [0.15, 0.2) is 0 Å². The summed E-state index contributed by atoms with van der Waals surface area (Å²) >= 11 is 3.37. The molecule has 0 fully saturated rings. The fourth-order valence-corrected chi connectivity index (χ4v) is 3.93. The van der Waals surface area contributed by atoms with Gasteiger partial charge >= 0.3 is 5.97 Å². The number of allylic oxidation sites excluding steroid dienone is 2. The van der Waals surface area contributed by atoms with Crippen molar-refractivity contribution in [3.8, 4) is 0 Å². The van der Waals surface area contributed by atoms with Gasteiger partial charge in [-0.2, -0.15) is 0 Å². The molecular weight excluding hydrogens is 464 g/mol. The van der Waals surface area contributed by atoms with E-state index in [1.54, 1.807) is 24.3 Å². The highest BCUT2D eigenvalue weighted by Crippen LogP contribution is 2.31. The maximum absolute atomic E-state index is 12.6. The van der Waals surface area contributed by atoms with Gasteiger partial charge in [0.2, 0.25) is 0 Å². The summed E-state index contributed by atoms with van der Waals surface area (Å²) in [7, 11) is 0. The van der Waals surface area contributed by atoms with Crippen molar-refractivity contribution < 1.29 is 14.6 Å². The first-order valence-corrected chi connectivity index (χ1v) is 11.3. The van der Waals surface area contributed by atoms with E-state index in [-0.39, 0.29) is 12.5 Å². The van der Waals surface area contributed by atoms with Gasteiger partial charge in [-0.25, -0.2) is 4.79 Å². The van der Waals surface area contributed by atoms with Gasteiger partial charge in [-0.1, -0.05) is 88.7 Å². The zero-order chi connectivity index (χ0) is 22.9. The van der Waals surface area contributed by atoms with E-state index in [0.29, 0.717) is 5.56 Å². The Morgan fingerprint density at radius 2 is 1.56 bits per heavy atom. The van der Waals surface area contributed by atoms with Crippen molar-refractivity contribution in [2.24, 2.45) is 5.92 Å². The number of rotatable bonds is 9. The van der Waals surface area contributed by atoms with Crippen molar-refractivity contribution in [2.75, 3.05) is 6.61 Å². The van der Waals surface area contributed by atoms with Gasteiger partial charge in [0, 0.05) is 16.3 Å². The zero-order valence-corrected chi connectivity index (χ0v) is 19.6. The van der Waals surface area contributed by atoms with Crippen molar-refractivity contribution in [3.05, 3.63) is 125 Å². The highest BCUT2D eigenvalue weighted by Gasteiger charge is 2.28. The van der Waals surface area contributed by atoms with Crippen LogP contribution < -0.4 is 0 Å². The minimum atomic E-state index is -0.837. The lowest BCUT2D eigenvalue weighted by molar-refractivity contribution is 0.0289. The maximum atomic E-state index is 12.6. The summed E-state index contributed by atoms with van der Waals surface area (Å²) in [6, 6.07) is 26.8. The Balaban J connectivity index is 1.85. The molecule has 0 heterocycles. The molecule has 4 heteroatoms. The lowest BCUT2D eigenvalue weighted by Gasteiger charge is -2.28. The Hall–Kier alpha value is -2.95. The summed E-state index contributed by atoms with van der Waals surface area (Å²) in [4.78, 5) is 12.6. The molecule has 0 aliphatic rings. The molecule has 3 atom stereocenters. The van der Waals surface area contributed by atoms with Crippen molar-refractivity contribution in [2.45, 2.75) is 18.9 Å². The molecule has 1 N–H and O–H groups in total. The standard InChI is InChI=1S/C28H27BrO3/c1-3-25(22-12-8-5-9-13-22)26(19-32-28(31)23-14-16-24(29)17-15-23)27(30)18-20(2)21-10-6-4-7-11-21/h3-18,25-27,30H,1,19H2,2H3/b20-18+/t25-,26-,27-/m0/s1. The van der Waals surface area contributed by atoms with E-state index >= 15 is 0 Å². The van der Waals surface area contributed by atoms with E-state index in [4.69, 9.17) is 4.74 Å². The number of hydrogen-bond donors (Lipinski definition) is 1. The first-order valence-electron chi connectivity index (χ1n) is 10.5. The molecule has 0 radical (unpaired) electrons. The molecule has 3 nitrogen and oxygen atoms in total. The average Bonchev–Trinajstić information content (AvgIpc) is 2.83. The predicted molar refractivity (Wildman–Crippen MR) is 133 cm³/mol. The highest BCUT2D eigenvalue weighted by molar-refractivity contribution is 9.10. The second-order valence-corrected chi connectivity index (χ2v) is 8.56. The molecule has 164 valence electrons. The van der Waals surface area contributed by atoms with E-state index in [1.807, 2.05) is 79.7 Å². The predicted octanol–water partition coefficient (Wildman–Crippen LogP) is 6.66. The van der Waals surface area contributed by atoms with Gasteiger partial charge in [-0.05, 0) is 47.9 Å². The van der Waals surface area contributed by atoms with Crippen LogP contribution in [0.25, 0.3) is 5.57 Å². The minimum Gasteiger partial charge on any atom is -0.462 e. The smallest absolute Gasteiger partial charge is 0.338 e. The summed E-state index contributed by atoms with van der Waals surface area (Å²) in [5, 5.41) is 11.2. The molecule has 3 aromatic rings. The zero-order valence-electron chi connectivity index (χ0n) is 18.0. The monoisotopic (exact) mass is 490 g/mol. The molecule has 0 unspecified atom stereocenters. The molecular formula is C28H27BrO3. The quantitative estimate of drug-likeness (QED) is 0.269. The molecule has 0 aromatic heterocycles. The van der Waals surface area contributed by atoms with Crippen molar-refractivity contribution in [1.82, 2.24) is 0 Å². The summed E-state index contributed by atoms with van der Waals surface area (Å²) in [5.41, 5.74) is 3.47. The van der Waals surface area contributed by atoms with Crippen LogP contribution in [0, 0.1) is 5.92 Å². The highest BCUT2D eigenvalue weighted by atomic mass is 79.9. The van der Waals surface area contributed by atoms with Crippen molar-refractivity contribution in [1.29, 1.82) is 0 Å². The summed E-state index contributed by atoms with van der Waals surface area (Å²) < 4.78 is 6.54. The Morgan fingerprint density at radius 1 is 0.969 bits per heavy atom. The lowest BCUT2D eigenvalue weighted by atomic mass is 9.82. The Morgan fingerprint density at radius 3 is 2.16 bits per heavy atom. The first kappa shape index (κ1) is 23.7. The second kappa shape index (κ2) is 11.6. The number of ether oxygens (including phenoxy) is 1. The number of hydrogen-bond acceptors (Lipinski definition) is 3. The molecule has 3 rings (SSSR count). The SMILES string of the molecule is C=C[C@@H](c1ccccc1)[C@H](COC(=O)c1ccc(Br)cc1)[C@@H](O)/C=C(\C)c1ccccc1. The fourth-order valence-electron chi connectivity index (χ4n) is 3.67. The molecule has 0 amide bonds. The van der Waals surface area contributed by atoms with Gasteiger partial charge in [0.05, 0.1) is 18.3 Å². The van der Waals surface area contributed by atoms with Crippen LogP contribution in [0.1, 0.15) is 34.3 Å². The van der Waals surface area contributed by atoms with Crippen LogP contribution in [0.5, 0.6) is 0 Å². The summed E-state index contributed by atoms with van der Waals surface area (Å²) in [6.45, 7) is 6.02. The molecule has 0 saturated heterocycles. The third-order valence-electron chi connectivity index (χ3n) is 5.48. The van der Waals surface area contributed by atoms with Gasteiger partial charge in [0.1, 0.15) is 0 Å². The minimum absolute atomic E-state index is 0.0558. The van der Waals surface area contributed by atoms with Crippen LogP contribution >= 0.6 is 15.9 Å². The Kier molecular flexibility index (Phi) is 8.60. The molecule has 0 aliphatic heterocycles. The summed E-state index contributed by atoms with van der Waals surface area (Å²) in [5.74, 6) is -1.01. The largest absolute Gasteiger partial charge is 0.462 e. The average molecular weight is 491 g/mol. The van der Waals surface area contributed by atoms with Crippen LogP contribution in [0.4, 0.5) is 0 Å². The second-order valence-electron chi connectivity index (χ2n) is 7.65. The van der Waals surface area contributed by atoms with E-state index in [9.17, 15) is 9.90 Å². The normalized spacial score (nSPS) is 14.3. The van der Waals surface area contributed by atoms with Crippen molar-refractivity contribution >= 4 is 27.5 Å². The van der Waals surface area contributed by atoms with E-state index in [1.165, 1.54) is 0 Å². The topological polar surface area (TPSA) is 46.5 Å². The van der Waals surface area contributed by atoms with Crippen LogP contribution in [0.3, 0.4) is 0 Å². The number of aliphatic hydroxyl groups is 1.